The predicted molar refractivity (Wildman–Crippen MR) is 82.6 cm³/mol. The van der Waals surface area contributed by atoms with Crippen LogP contribution in [0.15, 0.2) is 6.07 Å². The molecular formula is C15H22N2O3S. The van der Waals surface area contributed by atoms with Crippen molar-refractivity contribution in [2.24, 2.45) is 5.41 Å². The highest BCUT2D eigenvalue weighted by Gasteiger charge is 2.39. The second kappa shape index (κ2) is 6.47. The fraction of sp³-hybridized carbons (Fsp3) is 0.600. The molecule has 1 fully saturated rings. The van der Waals surface area contributed by atoms with Gasteiger partial charge < -0.3 is 15.7 Å². The van der Waals surface area contributed by atoms with Gasteiger partial charge in [-0.15, -0.1) is 11.3 Å². The molecule has 1 aliphatic rings. The fourth-order valence-electron chi connectivity index (χ4n) is 2.65. The third kappa shape index (κ3) is 4.20. The van der Waals surface area contributed by atoms with Crippen molar-refractivity contribution in [2.45, 2.75) is 46.1 Å². The van der Waals surface area contributed by atoms with Crippen LogP contribution in [0.3, 0.4) is 0 Å². The average Bonchev–Trinajstić information content (AvgIpc) is 2.69. The summed E-state index contributed by atoms with van der Waals surface area (Å²) in [5, 5.41) is 14.6. The Morgan fingerprint density at radius 3 is 2.52 bits per heavy atom. The molecule has 1 aromatic rings. The molecule has 0 atom stereocenters. The van der Waals surface area contributed by atoms with Crippen molar-refractivity contribution in [1.29, 1.82) is 0 Å². The first kappa shape index (κ1) is 15.8. The van der Waals surface area contributed by atoms with Crippen LogP contribution in [0.2, 0.25) is 0 Å². The van der Waals surface area contributed by atoms with Gasteiger partial charge >= 0.3 is 12.0 Å². The van der Waals surface area contributed by atoms with E-state index in [1.807, 2.05) is 0 Å². The smallest absolute Gasteiger partial charge is 0.315 e. The highest BCUT2D eigenvalue weighted by molar-refractivity contribution is 7.12. The SMILES string of the molecule is Cc1cc(CNC(=O)NCC2(CC(=O)O)CCC2)sc1C. The quantitative estimate of drug-likeness (QED) is 0.756. The minimum absolute atomic E-state index is 0.136. The number of hydrogen-bond acceptors (Lipinski definition) is 3. The summed E-state index contributed by atoms with van der Waals surface area (Å²) < 4.78 is 0. The zero-order valence-electron chi connectivity index (χ0n) is 12.5. The Morgan fingerprint density at radius 1 is 1.33 bits per heavy atom. The number of hydrogen-bond donors (Lipinski definition) is 3. The highest BCUT2D eigenvalue weighted by Crippen LogP contribution is 2.43. The van der Waals surface area contributed by atoms with E-state index in [1.165, 1.54) is 10.4 Å². The Bertz CT molecular complexity index is 516. The molecule has 0 aliphatic heterocycles. The number of aliphatic carboxylic acids is 1. The van der Waals surface area contributed by atoms with Crippen molar-refractivity contribution < 1.29 is 14.7 Å². The van der Waals surface area contributed by atoms with E-state index in [4.69, 9.17) is 5.11 Å². The average molecular weight is 310 g/mol. The Labute approximate surface area is 128 Å². The lowest BCUT2D eigenvalue weighted by molar-refractivity contribution is -0.141. The summed E-state index contributed by atoms with van der Waals surface area (Å²) in [5.41, 5.74) is 1.01. The molecule has 0 radical (unpaired) electrons. The largest absolute Gasteiger partial charge is 0.481 e. The number of nitrogens with one attached hydrogen (secondary N) is 2. The number of carboxylic acid groups (broad SMARTS) is 1. The fourth-order valence-corrected chi connectivity index (χ4v) is 3.64. The van der Waals surface area contributed by atoms with Gasteiger partial charge in [0.25, 0.3) is 0 Å². The molecule has 1 heterocycles. The van der Waals surface area contributed by atoms with E-state index in [0.29, 0.717) is 13.1 Å². The molecule has 0 saturated heterocycles. The minimum atomic E-state index is -0.790. The van der Waals surface area contributed by atoms with Gasteiger partial charge in [-0.05, 0) is 43.7 Å². The molecule has 21 heavy (non-hydrogen) atoms. The van der Waals surface area contributed by atoms with Gasteiger partial charge in [-0.3, -0.25) is 4.79 Å². The summed E-state index contributed by atoms with van der Waals surface area (Å²) in [5.74, 6) is -0.790. The zero-order valence-corrected chi connectivity index (χ0v) is 13.3. The topological polar surface area (TPSA) is 78.4 Å². The third-order valence-corrected chi connectivity index (χ3v) is 5.36. The van der Waals surface area contributed by atoms with Crippen molar-refractivity contribution in [2.75, 3.05) is 6.54 Å². The van der Waals surface area contributed by atoms with Crippen LogP contribution < -0.4 is 10.6 Å². The molecule has 1 aromatic heterocycles. The van der Waals surface area contributed by atoms with Crippen LogP contribution >= 0.6 is 11.3 Å². The maximum absolute atomic E-state index is 11.8. The van der Waals surface area contributed by atoms with E-state index in [2.05, 4.69) is 30.5 Å². The summed E-state index contributed by atoms with van der Waals surface area (Å²) in [4.78, 5) is 25.1. The Hall–Kier alpha value is -1.56. The van der Waals surface area contributed by atoms with Gasteiger partial charge in [-0.25, -0.2) is 4.79 Å². The standard InChI is InChI=1S/C15H22N2O3S/c1-10-6-12(21-11(10)2)8-16-14(20)17-9-15(4-3-5-15)7-13(18)19/h6H,3-5,7-9H2,1-2H3,(H,18,19)(H2,16,17,20). The molecule has 1 aliphatic carbocycles. The van der Waals surface area contributed by atoms with Crippen LogP contribution in [0.5, 0.6) is 0 Å². The van der Waals surface area contributed by atoms with Crippen molar-refractivity contribution in [3.8, 4) is 0 Å². The van der Waals surface area contributed by atoms with Crippen LogP contribution in [0.4, 0.5) is 4.79 Å². The number of carboxylic acids is 1. The minimum Gasteiger partial charge on any atom is -0.481 e. The van der Waals surface area contributed by atoms with E-state index in [1.54, 1.807) is 11.3 Å². The second-order valence-corrected chi connectivity index (χ2v) is 7.25. The Balaban J connectivity index is 1.75. The highest BCUT2D eigenvalue weighted by atomic mass is 32.1. The number of carbonyl (C=O) groups excluding carboxylic acids is 1. The summed E-state index contributed by atoms with van der Waals surface area (Å²) >= 11 is 1.68. The summed E-state index contributed by atoms with van der Waals surface area (Å²) in [7, 11) is 0. The van der Waals surface area contributed by atoms with Crippen LogP contribution in [-0.2, 0) is 11.3 Å². The number of amides is 2. The van der Waals surface area contributed by atoms with Gasteiger partial charge in [0.15, 0.2) is 0 Å². The molecule has 5 nitrogen and oxygen atoms in total. The number of thiophene rings is 1. The molecule has 0 unspecified atom stereocenters. The van der Waals surface area contributed by atoms with Gasteiger partial charge in [-0.2, -0.15) is 0 Å². The lowest BCUT2D eigenvalue weighted by Gasteiger charge is -2.40. The molecule has 1 saturated carbocycles. The van der Waals surface area contributed by atoms with Gasteiger partial charge in [0.2, 0.25) is 0 Å². The maximum Gasteiger partial charge on any atom is 0.315 e. The number of aryl methyl sites for hydroxylation is 2. The molecule has 2 amide bonds. The van der Waals surface area contributed by atoms with E-state index < -0.39 is 5.97 Å². The maximum atomic E-state index is 11.8. The molecule has 0 bridgehead atoms. The zero-order chi connectivity index (χ0) is 15.5. The van der Waals surface area contributed by atoms with Gasteiger partial charge in [0, 0.05) is 16.3 Å². The third-order valence-electron chi connectivity index (χ3n) is 4.20. The first-order chi connectivity index (χ1) is 9.90. The number of carbonyl (C=O) groups is 2. The predicted octanol–water partition coefficient (Wildman–Crippen LogP) is 2.81. The summed E-state index contributed by atoms with van der Waals surface area (Å²) in [6.45, 7) is 5.07. The molecule has 0 spiro atoms. The van der Waals surface area contributed by atoms with Crippen molar-refractivity contribution >= 4 is 23.3 Å². The van der Waals surface area contributed by atoms with E-state index in [9.17, 15) is 9.59 Å². The monoisotopic (exact) mass is 310 g/mol. The van der Waals surface area contributed by atoms with Crippen molar-refractivity contribution in [3.63, 3.8) is 0 Å². The Kier molecular flexibility index (Phi) is 4.88. The molecule has 116 valence electrons. The van der Waals surface area contributed by atoms with E-state index in [0.717, 1.165) is 24.1 Å². The second-order valence-electron chi connectivity index (χ2n) is 5.91. The first-order valence-electron chi connectivity index (χ1n) is 7.20. The van der Waals surface area contributed by atoms with Gasteiger partial charge in [-0.1, -0.05) is 6.42 Å². The normalized spacial score (nSPS) is 16.1. The van der Waals surface area contributed by atoms with Crippen molar-refractivity contribution in [1.82, 2.24) is 10.6 Å². The molecule has 6 heteroatoms. The van der Waals surface area contributed by atoms with E-state index in [-0.39, 0.29) is 17.9 Å². The van der Waals surface area contributed by atoms with Crippen molar-refractivity contribution in [3.05, 3.63) is 21.4 Å². The number of urea groups is 1. The van der Waals surface area contributed by atoms with Crippen LogP contribution in [0, 0.1) is 19.3 Å². The lowest BCUT2D eigenvalue weighted by atomic mass is 9.66. The summed E-state index contributed by atoms with van der Waals surface area (Å²) in [6.07, 6.45) is 2.94. The molecule has 2 rings (SSSR count). The number of rotatable bonds is 6. The van der Waals surface area contributed by atoms with Gasteiger partial charge in [0.1, 0.15) is 0 Å². The van der Waals surface area contributed by atoms with Gasteiger partial charge in [0.05, 0.1) is 13.0 Å². The molecule has 0 aromatic carbocycles. The molecule has 3 N–H and O–H groups in total. The Morgan fingerprint density at radius 2 is 2.05 bits per heavy atom. The summed E-state index contributed by atoms with van der Waals surface area (Å²) in [6, 6.07) is 1.85. The molecular weight excluding hydrogens is 288 g/mol. The first-order valence-corrected chi connectivity index (χ1v) is 8.01. The van der Waals surface area contributed by atoms with Crippen LogP contribution in [0.25, 0.3) is 0 Å². The van der Waals surface area contributed by atoms with Crippen LogP contribution in [0.1, 0.15) is 41.0 Å². The van der Waals surface area contributed by atoms with Crippen LogP contribution in [-0.4, -0.2) is 23.7 Å². The lowest BCUT2D eigenvalue weighted by Crippen LogP contribution is -2.46. The van der Waals surface area contributed by atoms with E-state index >= 15 is 0 Å².